The van der Waals surface area contributed by atoms with Gasteiger partial charge in [0.1, 0.15) is 5.75 Å². The lowest BCUT2D eigenvalue weighted by molar-refractivity contribution is -0.0504. The Hall–Kier alpha value is -1.93. The van der Waals surface area contributed by atoms with E-state index in [9.17, 15) is 8.78 Å². The highest BCUT2D eigenvalue weighted by atomic mass is 19.3. The van der Waals surface area contributed by atoms with Crippen molar-refractivity contribution in [2.45, 2.75) is 40.0 Å². The van der Waals surface area contributed by atoms with E-state index in [0.717, 1.165) is 44.8 Å². The molecule has 1 aromatic carbocycles. The van der Waals surface area contributed by atoms with Gasteiger partial charge < -0.3 is 20.3 Å². The van der Waals surface area contributed by atoms with Crippen LogP contribution in [0.3, 0.4) is 0 Å². The predicted octanol–water partition coefficient (Wildman–Crippen LogP) is 2.29. The standard InChI is InChI=1S/C20H33F2N5O/c1-5-26-8-10-27(11-9-26)16(3)13-24-20(23-4)25-14-17-12-15(2)6-7-18(17)28-19(21)22/h6-7,12,16,19H,5,8-11,13-14H2,1-4H3,(H2,23,24,25). The van der Waals surface area contributed by atoms with Crippen LogP contribution in [-0.2, 0) is 6.54 Å². The summed E-state index contributed by atoms with van der Waals surface area (Å²) < 4.78 is 29.8. The van der Waals surface area contributed by atoms with Crippen LogP contribution in [0.25, 0.3) is 0 Å². The van der Waals surface area contributed by atoms with Crippen molar-refractivity contribution in [3.05, 3.63) is 29.3 Å². The van der Waals surface area contributed by atoms with E-state index in [0.29, 0.717) is 24.1 Å². The zero-order chi connectivity index (χ0) is 20.5. The number of alkyl halides is 2. The fourth-order valence-corrected chi connectivity index (χ4v) is 3.35. The number of rotatable bonds is 8. The van der Waals surface area contributed by atoms with Crippen LogP contribution in [0.4, 0.5) is 8.78 Å². The molecular weight excluding hydrogens is 364 g/mol. The lowest BCUT2D eigenvalue weighted by atomic mass is 10.1. The summed E-state index contributed by atoms with van der Waals surface area (Å²) in [6.07, 6.45) is 0. The Morgan fingerprint density at radius 2 is 1.93 bits per heavy atom. The minimum atomic E-state index is -2.84. The molecule has 0 aromatic heterocycles. The average molecular weight is 398 g/mol. The van der Waals surface area contributed by atoms with Crippen molar-refractivity contribution in [1.82, 2.24) is 20.4 Å². The zero-order valence-corrected chi connectivity index (χ0v) is 17.3. The first-order chi connectivity index (χ1) is 13.4. The number of hydrogen-bond donors (Lipinski definition) is 2. The van der Waals surface area contributed by atoms with Crippen LogP contribution in [0, 0.1) is 6.92 Å². The van der Waals surface area contributed by atoms with Gasteiger partial charge in [0.25, 0.3) is 0 Å². The van der Waals surface area contributed by atoms with Gasteiger partial charge in [0.05, 0.1) is 0 Å². The van der Waals surface area contributed by atoms with Gasteiger partial charge >= 0.3 is 6.61 Å². The molecule has 1 aliphatic rings. The second-order valence-corrected chi connectivity index (χ2v) is 7.12. The Balaban J connectivity index is 1.84. The van der Waals surface area contributed by atoms with Crippen LogP contribution in [0.5, 0.6) is 5.75 Å². The van der Waals surface area contributed by atoms with Crippen LogP contribution in [0.1, 0.15) is 25.0 Å². The molecule has 0 radical (unpaired) electrons. The number of aliphatic imine (C=N–C) groups is 1. The topological polar surface area (TPSA) is 52.1 Å². The lowest BCUT2D eigenvalue weighted by Gasteiger charge is -2.37. The SMILES string of the molecule is CCN1CCN(C(C)CNC(=NC)NCc2cc(C)ccc2OC(F)F)CC1. The molecule has 1 aromatic rings. The number of piperazine rings is 1. The Kier molecular flexibility index (Phi) is 8.92. The Labute approximate surface area is 166 Å². The number of aryl methyl sites for hydroxylation is 1. The van der Waals surface area contributed by atoms with Crippen molar-refractivity contribution >= 4 is 5.96 Å². The summed E-state index contributed by atoms with van der Waals surface area (Å²) in [7, 11) is 1.70. The highest BCUT2D eigenvalue weighted by molar-refractivity contribution is 5.79. The maximum atomic E-state index is 12.6. The average Bonchev–Trinajstić information content (AvgIpc) is 2.69. The van der Waals surface area contributed by atoms with E-state index in [1.807, 2.05) is 13.0 Å². The number of halogens is 2. The molecule has 6 nitrogen and oxygen atoms in total. The molecule has 2 N–H and O–H groups in total. The highest BCUT2D eigenvalue weighted by Gasteiger charge is 2.20. The second kappa shape index (κ2) is 11.2. The van der Waals surface area contributed by atoms with Crippen LogP contribution >= 0.6 is 0 Å². The highest BCUT2D eigenvalue weighted by Crippen LogP contribution is 2.21. The number of nitrogens with zero attached hydrogens (tertiary/aromatic N) is 3. The van der Waals surface area contributed by atoms with E-state index in [4.69, 9.17) is 0 Å². The molecule has 1 aliphatic heterocycles. The summed E-state index contributed by atoms with van der Waals surface area (Å²) >= 11 is 0. The minimum Gasteiger partial charge on any atom is -0.434 e. The van der Waals surface area contributed by atoms with Gasteiger partial charge in [-0.25, -0.2) is 0 Å². The number of nitrogens with one attached hydrogen (secondary N) is 2. The summed E-state index contributed by atoms with van der Waals surface area (Å²) in [6, 6.07) is 5.56. The summed E-state index contributed by atoms with van der Waals surface area (Å²) in [4.78, 5) is 9.17. The van der Waals surface area contributed by atoms with Crippen molar-refractivity contribution in [2.24, 2.45) is 4.99 Å². The van der Waals surface area contributed by atoms with E-state index < -0.39 is 6.61 Å². The van der Waals surface area contributed by atoms with E-state index in [1.54, 1.807) is 19.2 Å². The molecular formula is C20H33F2N5O. The number of guanidine groups is 1. The summed E-state index contributed by atoms with van der Waals surface area (Å²) in [5.74, 6) is 0.828. The largest absolute Gasteiger partial charge is 0.434 e. The van der Waals surface area contributed by atoms with Crippen molar-refractivity contribution in [3.63, 3.8) is 0 Å². The van der Waals surface area contributed by atoms with Crippen molar-refractivity contribution in [3.8, 4) is 5.75 Å². The van der Waals surface area contributed by atoms with E-state index in [2.05, 4.69) is 44.0 Å². The molecule has 0 saturated carbocycles. The summed E-state index contributed by atoms with van der Waals surface area (Å²) in [6.45, 7) is 10.1. The molecule has 1 fully saturated rings. The number of hydrogen-bond acceptors (Lipinski definition) is 4. The van der Waals surface area contributed by atoms with Gasteiger partial charge in [-0.15, -0.1) is 0 Å². The van der Waals surface area contributed by atoms with Crippen LogP contribution in [0.15, 0.2) is 23.2 Å². The van der Waals surface area contributed by atoms with E-state index in [1.165, 1.54) is 0 Å². The number of likely N-dealkylation sites (N-methyl/N-ethyl adjacent to an activating group) is 1. The molecule has 8 heteroatoms. The van der Waals surface area contributed by atoms with Gasteiger partial charge in [-0.1, -0.05) is 24.6 Å². The van der Waals surface area contributed by atoms with Crippen molar-refractivity contribution < 1.29 is 13.5 Å². The van der Waals surface area contributed by atoms with E-state index in [-0.39, 0.29) is 5.75 Å². The number of benzene rings is 1. The third-order valence-corrected chi connectivity index (χ3v) is 5.14. The molecule has 1 heterocycles. The monoisotopic (exact) mass is 397 g/mol. The molecule has 1 unspecified atom stereocenters. The molecule has 2 rings (SSSR count). The van der Waals surface area contributed by atoms with E-state index >= 15 is 0 Å². The normalized spacial score (nSPS) is 17.6. The molecule has 0 aliphatic carbocycles. The van der Waals surface area contributed by atoms with Crippen molar-refractivity contribution in [1.29, 1.82) is 0 Å². The quantitative estimate of drug-likeness (QED) is 0.521. The Bertz CT molecular complexity index is 633. The van der Waals surface area contributed by atoms with Crippen LogP contribution in [0.2, 0.25) is 0 Å². The first kappa shape index (κ1) is 22.4. The van der Waals surface area contributed by atoms with Crippen LogP contribution in [-0.4, -0.2) is 74.7 Å². The number of ether oxygens (including phenoxy) is 1. The molecule has 1 saturated heterocycles. The maximum absolute atomic E-state index is 12.6. The third-order valence-electron chi connectivity index (χ3n) is 5.14. The smallest absolute Gasteiger partial charge is 0.387 e. The lowest BCUT2D eigenvalue weighted by Crippen LogP contribution is -2.53. The van der Waals surface area contributed by atoms with Gasteiger partial charge in [-0.05, 0) is 26.5 Å². The molecule has 28 heavy (non-hydrogen) atoms. The second-order valence-electron chi connectivity index (χ2n) is 7.12. The molecule has 158 valence electrons. The predicted molar refractivity (Wildman–Crippen MR) is 109 cm³/mol. The van der Waals surface area contributed by atoms with Crippen molar-refractivity contribution in [2.75, 3.05) is 46.3 Å². The molecule has 0 bridgehead atoms. The van der Waals surface area contributed by atoms with Gasteiger partial charge in [0.2, 0.25) is 0 Å². The van der Waals surface area contributed by atoms with Crippen LogP contribution < -0.4 is 15.4 Å². The first-order valence-corrected chi connectivity index (χ1v) is 9.88. The molecule has 0 amide bonds. The van der Waals surface area contributed by atoms with Gasteiger partial charge in [0.15, 0.2) is 5.96 Å². The van der Waals surface area contributed by atoms with Gasteiger partial charge in [-0.3, -0.25) is 9.89 Å². The fraction of sp³-hybridized carbons (Fsp3) is 0.650. The minimum absolute atomic E-state index is 0.186. The first-order valence-electron chi connectivity index (χ1n) is 9.88. The zero-order valence-electron chi connectivity index (χ0n) is 17.3. The third kappa shape index (κ3) is 6.91. The molecule has 1 atom stereocenters. The summed E-state index contributed by atoms with van der Waals surface area (Å²) in [5.41, 5.74) is 1.66. The van der Waals surface area contributed by atoms with Gasteiger partial charge in [-0.2, -0.15) is 8.78 Å². The fourth-order valence-electron chi connectivity index (χ4n) is 3.35. The Morgan fingerprint density at radius 1 is 1.21 bits per heavy atom. The molecule has 0 spiro atoms. The Morgan fingerprint density at radius 3 is 2.54 bits per heavy atom. The maximum Gasteiger partial charge on any atom is 0.387 e. The summed E-state index contributed by atoms with van der Waals surface area (Å²) in [5, 5.41) is 6.52. The van der Waals surface area contributed by atoms with Gasteiger partial charge in [0, 0.05) is 57.9 Å².